The van der Waals surface area contributed by atoms with Gasteiger partial charge in [-0.3, -0.25) is 4.79 Å². The number of hydrogen-bond donors (Lipinski definition) is 1. The molecule has 0 aliphatic rings. The summed E-state index contributed by atoms with van der Waals surface area (Å²) >= 11 is 1.59. The van der Waals surface area contributed by atoms with Crippen molar-refractivity contribution in [3.63, 3.8) is 0 Å². The van der Waals surface area contributed by atoms with E-state index in [9.17, 15) is 4.79 Å². The molecule has 0 saturated heterocycles. The molecule has 16 heavy (non-hydrogen) atoms. The molecule has 88 valence electrons. The van der Waals surface area contributed by atoms with Gasteiger partial charge in [-0.25, -0.2) is 4.98 Å². The van der Waals surface area contributed by atoms with E-state index in [1.54, 1.807) is 17.4 Å². The van der Waals surface area contributed by atoms with Crippen molar-refractivity contribution in [2.24, 2.45) is 0 Å². The van der Waals surface area contributed by atoms with E-state index in [1.807, 2.05) is 19.5 Å². The third-order valence-corrected chi connectivity index (χ3v) is 2.72. The Morgan fingerprint density at radius 1 is 1.69 bits per heavy atom. The lowest BCUT2D eigenvalue weighted by atomic mass is 10.3. The summed E-state index contributed by atoms with van der Waals surface area (Å²) in [5, 5.41) is 5.70. The number of aromatic nitrogens is 1. The fourth-order valence-electron chi connectivity index (χ4n) is 1.19. The van der Waals surface area contributed by atoms with Crippen LogP contribution in [0.25, 0.3) is 0 Å². The third kappa shape index (κ3) is 4.55. The highest BCUT2D eigenvalue weighted by molar-refractivity contribution is 7.09. The van der Waals surface area contributed by atoms with Gasteiger partial charge in [-0.05, 0) is 14.1 Å². The van der Waals surface area contributed by atoms with Crippen LogP contribution >= 0.6 is 11.3 Å². The Morgan fingerprint density at radius 2 is 2.44 bits per heavy atom. The van der Waals surface area contributed by atoms with Crippen LogP contribution in [-0.4, -0.2) is 36.4 Å². The molecule has 5 heteroatoms. The molecule has 0 aromatic carbocycles. The summed E-state index contributed by atoms with van der Waals surface area (Å²) in [4.78, 5) is 17.8. The molecule has 1 heterocycles. The van der Waals surface area contributed by atoms with Crippen LogP contribution in [0.3, 0.4) is 0 Å². The molecule has 0 aliphatic heterocycles. The van der Waals surface area contributed by atoms with Gasteiger partial charge in [0.05, 0.1) is 12.1 Å². The number of carbonyl (C=O) groups excluding carboxylic acids is 1. The van der Waals surface area contributed by atoms with Gasteiger partial charge in [0.1, 0.15) is 5.01 Å². The lowest BCUT2D eigenvalue weighted by Crippen LogP contribution is -2.25. The molecule has 0 atom stereocenters. The monoisotopic (exact) mass is 239 g/mol. The summed E-state index contributed by atoms with van der Waals surface area (Å²) in [5.41, 5.74) is 0.836. The van der Waals surface area contributed by atoms with Crippen LogP contribution in [0.1, 0.15) is 10.7 Å². The maximum Gasteiger partial charge on any atom is 0.226 e. The summed E-state index contributed by atoms with van der Waals surface area (Å²) in [6, 6.07) is 0. The Balaban J connectivity index is 2.45. The van der Waals surface area contributed by atoms with E-state index < -0.39 is 0 Å². The van der Waals surface area contributed by atoms with Crippen molar-refractivity contribution >= 4 is 17.2 Å². The summed E-state index contributed by atoms with van der Waals surface area (Å²) in [6.07, 6.45) is 2.01. The maximum atomic E-state index is 11.4. The van der Waals surface area contributed by atoms with Gasteiger partial charge < -0.3 is 10.2 Å². The molecule has 1 aromatic heterocycles. The van der Waals surface area contributed by atoms with Gasteiger partial charge >= 0.3 is 0 Å². The van der Waals surface area contributed by atoms with Crippen LogP contribution in [0, 0.1) is 0 Å². The van der Waals surface area contributed by atoms with Gasteiger partial charge in [0, 0.05) is 18.5 Å². The average molecular weight is 239 g/mol. The first kappa shape index (κ1) is 12.9. The van der Waals surface area contributed by atoms with E-state index in [-0.39, 0.29) is 5.91 Å². The normalized spacial score (nSPS) is 10.4. The standard InChI is InChI=1S/C11H17N3OS/c1-4-5-12-10(15)6-9-8-16-11(13-9)7-14(2)3/h4,8H,1,5-7H2,2-3H3,(H,12,15). The van der Waals surface area contributed by atoms with Crippen LogP contribution in [0.4, 0.5) is 0 Å². The zero-order valence-corrected chi connectivity index (χ0v) is 10.5. The first-order valence-corrected chi connectivity index (χ1v) is 5.95. The smallest absolute Gasteiger partial charge is 0.226 e. The van der Waals surface area contributed by atoms with Crippen LogP contribution in [0.2, 0.25) is 0 Å². The number of hydrogen-bond acceptors (Lipinski definition) is 4. The minimum Gasteiger partial charge on any atom is -0.352 e. The lowest BCUT2D eigenvalue weighted by molar-refractivity contribution is -0.120. The van der Waals surface area contributed by atoms with E-state index in [1.165, 1.54) is 0 Å². The number of nitrogens with one attached hydrogen (secondary N) is 1. The first-order chi connectivity index (χ1) is 7.61. The summed E-state index contributed by atoms with van der Waals surface area (Å²) < 4.78 is 0. The predicted molar refractivity (Wildman–Crippen MR) is 66.4 cm³/mol. The molecule has 4 nitrogen and oxygen atoms in total. The number of thiazole rings is 1. The van der Waals surface area contributed by atoms with Crippen molar-refractivity contribution < 1.29 is 4.79 Å². The van der Waals surface area contributed by atoms with Gasteiger partial charge in [-0.1, -0.05) is 6.08 Å². The molecule has 1 N–H and O–H groups in total. The van der Waals surface area contributed by atoms with Crippen molar-refractivity contribution in [3.05, 3.63) is 28.7 Å². The molecule has 0 spiro atoms. The Labute approximate surface area is 100.0 Å². The van der Waals surface area contributed by atoms with Gasteiger partial charge in [0.25, 0.3) is 0 Å². The zero-order chi connectivity index (χ0) is 12.0. The SMILES string of the molecule is C=CCNC(=O)Cc1csc(CN(C)C)n1. The van der Waals surface area contributed by atoms with Gasteiger partial charge in [-0.2, -0.15) is 0 Å². The molecule has 0 bridgehead atoms. The van der Waals surface area contributed by atoms with Crippen LogP contribution in [0.5, 0.6) is 0 Å². The molecule has 0 radical (unpaired) electrons. The predicted octanol–water partition coefficient (Wildman–Crippen LogP) is 1.05. The highest BCUT2D eigenvalue weighted by Crippen LogP contribution is 2.11. The number of carbonyl (C=O) groups is 1. The van der Waals surface area contributed by atoms with Crippen molar-refractivity contribution in [2.75, 3.05) is 20.6 Å². The van der Waals surface area contributed by atoms with Crippen molar-refractivity contribution in [3.8, 4) is 0 Å². The zero-order valence-electron chi connectivity index (χ0n) is 9.69. The topological polar surface area (TPSA) is 45.2 Å². The summed E-state index contributed by atoms with van der Waals surface area (Å²) in [7, 11) is 4.00. The lowest BCUT2D eigenvalue weighted by Gasteiger charge is -2.05. The minimum atomic E-state index is -0.0124. The minimum absolute atomic E-state index is 0.0124. The third-order valence-electron chi connectivity index (χ3n) is 1.84. The van der Waals surface area contributed by atoms with Crippen molar-refractivity contribution in [1.29, 1.82) is 0 Å². The highest BCUT2D eigenvalue weighted by atomic mass is 32.1. The molecule has 0 aliphatic carbocycles. The van der Waals surface area contributed by atoms with E-state index in [4.69, 9.17) is 0 Å². The molecule has 1 rings (SSSR count). The Kier molecular flexibility index (Phi) is 5.14. The Hall–Kier alpha value is -1.20. The molecule has 0 fully saturated rings. The van der Waals surface area contributed by atoms with E-state index in [2.05, 4.69) is 21.8 Å². The van der Waals surface area contributed by atoms with Crippen LogP contribution in [-0.2, 0) is 17.8 Å². The largest absolute Gasteiger partial charge is 0.352 e. The van der Waals surface area contributed by atoms with Gasteiger partial charge in [-0.15, -0.1) is 17.9 Å². The molecule has 0 saturated carbocycles. The van der Waals surface area contributed by atoms with Crippen molar-refractivity contribution in [1.82, 2.24) is 15.2 Å². The van der Waals surface area contributed by atoms with Gasteiger partial charge in [0.15, 0.2) is 0 Å². The number of amides is 1. The first-order valence-electron chi connectivity index (χ1n) is 5.07. The second-order valence-electron chi connectivity index (χ2n) is 3.74. The Bertz CT molecular complexity index is 360. The second kappa shape index (κ2) is 6.40. The Morgan fingerprint density at radius 3 is 3.06 bits per heavy atom. The molecule has 1 aromatic rings. The van der Waals surface area contributed by atoms with Gasteiger partial charge in [0.2, 0.25) is 5.91 Å². The average Bonchev–Trinajstić information content (AvgIpc) is 2.61. The second-order valence-corrected chi connectivity index (χ2v) is 4.68. The maximum absolute atomic E-state index is 11.4. The van der Waals surface area contributed by atoms with E-state index >= 15 is 0 Å². The quantitative estimate of drug-likeness (QED) is 0.755. The number of rotatable bonds is 6. The van der Waals surface area contributed by atoms with Crippen LogP contribution in [0.15, 0.2) is 18.0 Å². The van der Waals surface area contributed by atoms with E-state index in [0.29, 0.717) is 13.0 Å². The summed E-state index contributed by atoms with van der Waals surface area (Å²) in [5.74, 6) is -0.0124. The fraction of sp³-hybridized carbons (Fsp3) is 0.455. The molecular weight excluding hydrogens is 222 g/mol. The van der Waals surface area contributed by atoms with Crippen molar-refractivity contribution in [2.45, 2.75) is 13.0 Å². The molecule has 0 unspecified atom stereocenters. The fourth-order valence-corrected chi connectivity index (χ4v) is 2.10. The number of nitrogens with zero attached hydrogens (tertiary/aromatic N) is 2. The highest BCUT2D eigenvalue weighted by Gasteiger charge is 2.07. The summed E-state index contributed by atoms with van der Waals surface area (Å²) in [6.45, 7) is 4.87. The molecular formula is C11H17N3OS. The van der Waals surface area contributed by atoms with E-state index in [0.717, 1.165) is 17.2 Å². The molecule has 1 amide bonds. The van der Waals surface area contributed by atoms with Crippen LogP contribution < -0.4 is 5.32 Å².